The van der Waals surface area contributed by atoms with E-state index in [0.717, 1.165) is 5.56 Å². The lowest BCUT2D eigenvalue weighted by Gasteiger charge is -2.23. The van der Waals surface area contributed by atoms with Gasteiger partial charge in [0.05, 0.1) is 4.90 Å². The van der Waals surface area contributed by atoms with Crippen LogP contribution in [0.3, 0.4) is 0 Å². The molecule has 1 atom stereocenters. The molecule has 27 heavy (non-hydrogen) atoms. The van der Waals surface area contributed by atoms with Crippen LogP contribution in [0.15, 0.2) is 45.9 Å². The van der Waals surface area contributed by atoms with E-state index in [1.807, 2.05) is 6.92 Å². The normalized spacial score (nSPS) is 17.6. The van der Waals surface area contributed by atoms with Crippen molar-refractivity contribution in [2.24, 2.45) is 0 Å². The maximum absolute atomic E-state index is 12.9. The molecule has 0 bridgehead atoms. The molecule has 1 aromatic carbocycles. The summed E-state index contributed by atoms with van der Waals surface area (Å²) in [4.78, 5) is 27.4. The molecule has 1 aliphatic heterocycles. The lowest BCUT2D eigenvalue weighted by atomic mass is 10.2. The third kappa shape index (κ3) is 4.23. The minimum Gasteiger partial charge on any atom is -0.356 e. The number of nitrogens with zero attached hydrogens (tertiary/aromatic N) is 1. The predicted molar refractivity (Wildman–Crippen MR) is 102 cm³/mol. The number of aryl methyl sites for hydroxylation is 1. The summed E-state index contributed by atoms with van der Waals surface area (Å²) >= 11 is 3.22. The lowest BCUT2D eigenvalue weighted by Crippen LogP contribution is -2.51. The van der Waals surface area contributed by atoms with Crippen LogP contribution in [0.4, 0.5) is 0 Å². The molecule has 0 unspecified atom stereocenters. The lowest BCUT2D eigenvalue weighted by molar-refractivity contribution is -0.125. The molecular formula is C17H19BrN4O4S. The van der Waals surface area contributed by atoms with Crippen molar-refractivity contribution in [1.29, 1.82) is 0 Å². The van der Waals surface area contributed by atoms with Crippen LogP contribution in [0.25, 0.3) is 0 Å². The second-order valence-corrected chi connectivity index (χ2v) is 9.07. The first-order chi connectivity index (χ1) is 12.8. The minimum absolute atomic E-state index is 0.146. The van der Waals surface area contributed by atoms with Crippen LogP contribution in [0.1, 0.15) is 28.9 Å². The highest BCUT2D eigenvalue weighted by atomic mass is 79.9. The molecule has 1 aromatic heterocycles. The standard InChI is InChI=1S/C17H19BrN4O4S/c1-11-4-6-13(7-5-11)27(25,26)22-8-2-3-15(22)17(24)21-20-16(23)14-9-12(18)10-19-14/h4-7,9-10,15,19H,2-3,8H2,1H3,(H,20,23)(H,21,24)/t15-/m0/s1. The molecule has 0 radical (unpaired) electrons. The van der Waals surface area contributed by atoms with Gasteiger partial charge in [0, 0.05) is 17.2 Å². The number of halogens is 1. The number of hydrogen-bond acceptors (Lipinski definition) is 4. The number of rotatable bonds is 4. The monoisotopic (exact) mass is 454 g/mol. The predicted octanol–water partition coefficient (Wildman–Crippen LogP) is 1.70. The number of benzene rings is 1. The molecule has 1 saturated heterocycles. The van der Waals surface area contributed by atoms with Crippen molar-refractivity contribution in [3.63, 3.8) is 0 Å². The number of hydrazine groups is 1. The van der Waals surface area contributed by atoms with E-state index in [0.29, 0.717) is 17.3 Å². The third-order valence-electron chi connectivity index (χ3n) is 4.33. The molecule has 10 heteroatoms. The van der Waals surface area contributed by atoms with Gasteiger partial charge in [0.2, 0.25) is 10.0 Å². The van der Waals surface area contributed by atoms with Crippen molar-refractivity contribution >= 4 is 37.8 Å². The summed E-state index contributed by atoms with van der Waals surface area (Å²) in [5.41, 5.74) is 5.82. The zero-order chi connectivity index (χ0) is 19.6. The molecule has 1 aliphatic rings. The van der Waals surface area contributed by atoms with Gasteiger partial charge < -0.3 is 4.98 Å². The average Bonchev–Trinajstić information content (AvgIpc) is 3.29. The molecule has 2 aromatic rings. The summed E-state index contributed by atoms with van der Waals surface area (Å²) in [6.45, 7) is 2.12. The van der Waals surface area contributed by atoms with E-state index >= 15 is 0 Å². The molecule has 0 saturated carbocycles. The van der Waals surface area contributed by atoms with Crippen molar-refractivity contribution in [2.45, 2.75) is 30.7 Å². The van der Waals surface area contributed by atoms with Crippen LogP contribution in [0.2, 0.25) is 0 Å². The summed E-state index contributed by atoms with van der Waals surface area (Å²) in [7, 11) is -3.79. The van der Waals surface area contributed by atoms with Gasteiger partial charge in [-0.05, 0) is 53.9 Å². The summed E-state index contributed by atoms with van der Waals surface area (Å²) in [5.74, 6) is -1.10. The molecule has 3 N–H and O–H groups in total. The molecule has 8 nitrogen and oxygen atoms in total. The fourth-order valence-electron chi connectivity index (χ4n) is 2.90. The molecule has 3 rings (SSSR count). The molecule has 2 amide bonds. The van der Waals surface area contributed by atoms with E-state index in [-0.39, 0.29) is 17.1 Å². The minimum atomic E-state index is -3.79. The maximum Gasteiger partial charge on any atom is 0.286 e. The van der Waals surface area contributed by atoms with Gasteiger partial charge in [-0.15, -0.1) is 0 Å². The van der Waals surface area contributed by atoms with Gasteiger partial charge in [-0.25, -0.2) is 8.42 Å². The third-order valence-corrected chi connectivity index (χ3v) is 6.71. The van der Waals surface area contributed by atoms with Crippen molar-refractivity contribution in [2.75, 3.05) is 6.54 Å². The van der Waals surface area contributed by atoms with Gasteiger partial charge in [-0.2, -0.15) is 4.31 Å². The quantitative estimate of drug-likeness (QED) is 0.610. The highest BCUT2D eigenvalue weighted by Crippen LogP contribution is 2.26. The number of sulfonamides is 1. The van der Waals surface area contributed by atoms with Crippen LogP contribution in [-0.2, 0) is 14.8 Å². The van der Waals surface area contributed by atoms with E-state index in [9.17, 15) is 18.0 Å². The zero-order valence-corrected chi connectivity index (χ0v) is 16.9. The summed E-state index contributed by atoms with van der Waals surface area (Å²) in [6.07, 6.45) is 2.55. The Bertz CT molecular complexity index is 956. The number of carbonyl (C=O) groups is 2. The van der Waals surface area contributed by atoms with Crippen molar-refractivity contribution in [3.8, 4) is 0 Å². The number of aromatic amines is 1. The molecule has 0 spiro atoms. The largest absolute Gasteiger partial charge is 0.356 e. The Labute approximate surface area is 165 Å². The Morgan fingerprint density at radius 2 is 1.93 bits per heavy atom. The Morgan fingerprint density at radius 3 is 2.56 bits per heavy atom. The number of nitrogens with one attached hydrogen (secondary N) is 3. The molecule has 144 valence electrons. The highest BCUT2D eigenvalue weighted by Gasteiger charge is 2.39. The van der Waals surface area contributed by atoms with Crippen LogP contribution >= 0.6 is 15.9 Å². The van der Waals surface area contributed by atoms with E-state index in [1.165, 1.54) is 16.4 Å². The van der Waals surface area contributed by atoms with E-state index in [1.54, 1.807) is 24.4 Å². The van der Waals surface area contributed by atoms with Crippen molar-refractivity contribution in [1.82, 2.24) is 20.1 Å². The van der Waals surface area contributed by atoms with Crippen LogP contribution in [0.5, 0.6) is 0 Å². The molecule has 2 heterocycles. The second-order valence-electron chi connectivity index (χ2n) is 6.26. The fraction of sp³-hybridized carbons (Fsp3) is 0.294. The van der Waals surface area contributed by atoms with Crippen LogP contribution in [-0.4, -0.2) is 42.1 Å². The number of amides is 2. The van der Waals surface area contributed by atoms with E-state index in [4.69, 9.17) is 0 Å². The Hall–Kier alpha value is -2.17. The first-order valence-electron chi connectivity index (χ1n) is 8.31. The first kappa shape index (κ1) is 19.6. The fourth-order valence-corrected chi connectivity index (χ4v) is 4.90. The van der Waals surface area contributed by atoms with E-state index < -0.39 is 27.9 Å². The van der Waals surface area contributed by atoms with Gasteiger partial charge in [-0.1, -0.05) is 17.7 Å². The Kier molecular flexibility index (Phi) is 5.68. The summed E-state index contributed by atoms with van der Waals surface area (Å²) < 4.78 is 27.6. The average molecular weight is 455 g/mol. The molecular weight excluding hydrogens is 436 g/mol. The van der Waals surface area contributed by atoms with E-state index in [2.05, 4.69) is 31.8 Å². The number of carbonyl (C=O) groups excluding carboxylic acids is 2. The van der Waals surface area contributed by atoms with Gasteiger partial charge in [0.1, 0.15) is 11.7 Å². The van der Waals surface area contributed by atoms with Gasteiger partial charge in [0.15, 0.2) is 0 Å². The zero-order valence-electron chi connectivity index (χ0n) is 14.5. The SMILES string of the molecule is Cc1ccc(S(=O)(=O)N2CCC[C@H]2C(=O)NNC(=O)c2cc(Br)c[nH]2)cc1. The number of hydrogen-bond donors (Lipinski definition) is 3. The molecule has 0 aliphatic carbocycles. The highest BCUT2D eigenvalue weighted by molar-refractivity contribution is 9.10. The van der Waals surface area contributed by atoms with Gasteiger partial charge in [0.25, 0.3) is 11.8 Å². The number of aromatic nitrogens is 1. The van der Waals surface area contributed by atoms with Crippen LogP contribution in [0, 0.1) is 6.92 Å². The van der Waals surface area contributed by atoms with Crippen molar-refractivity contribution in [3.05, 3.63) is 52.3 Å². The summed E-state index contributed by atoms with van der Waals surface area (Å²) in [5, 5.41) is 0. The smallest absolute Gasteiger partial charge is 0.286 e. The Morgan fingerprint density at radius 1 is 1.22 bits per heavy atom. The second kappa shape index (κ2) is 7.83. The molecule has 1 fully saturated rings. The topological polar surface area (TPSA) is 111 Å². The Balaban J connectivity index is 1.69. The van der Waals surface area contributed by atoms with Crippen molar-refractivity contribution < 1.29 is 18.0 Å². The maximum atomic E-state index is 12.9. The number of H-pyrrole nitrogens is 1. The van der Waals surface area contributed by atoms with Gasteiger partial charge >= 0.3 is 0 Å². The summed E-state index contributed by atoms with van der Waals surface area (Å²) in [6, 6.07) is 7.18. The first-order valence-corrected chi connectivity index (χ1v) is 10.5. The van der Waals surface area contributed by atoms with Gasteiger partial charge in [-0.3, -0.25) is 20.4 Å². The van der Waals surface area contributed by atoms with Crippen LogP contribution < -0.4 is 10.9 Å².